The van der Waals surface area contributed by atoms with Crippen LogP contribution in [0.15, 0.2) is 40.9 Å². The van der Waals surface area contributed by atoms with Crippen LogP contribution in [0.2, 0.25) is 0 Å². The average molecular weight is 318 g/mol. The van der Waals surface area contributed by atoms with Crippen LogP contribution >= 0.6 is 15.9 Å². The fourth-order valence-electron chi connectivity index (χ4n) is 2.49. The van der Waals surface area contributed by atoms with Gasteiger partial charge in [-0.05, 0) is 67.1 Å². The minimum atomic E-state index is 0.0380. The van der Waals surface area contributed by atoms with Crippen molar-refractivity contribution in [2.75, 3.05) is 0 Å². The van der Waals surface area contributed by atoms with E-state index in [1.807, 2.05) is 0 Å². The number of hydrogen-bond donors (Lipinski definition) is 1. The van der Waals surface area contributed by atoms with E-state index in [1.165, 1.54) is 27.8 Å². The van der Waals surface area contributed by atoms with Crippen molar-refractivity contribution in [3.05, 3.63) is 68.7 Å². The van der Waals surface area contributed by atoms with Gasteiger partial charge < -0.3 is 5.73 Å². The molecular weight excluding hydrogens is 298 g/mol. The first-order valence-electron chi connectivity index (χ1n) is 6.55. The van der Waals surface area contributed by atoms with E-state index >= 15 is 0 Å². The first-order chi connectivity index (χ1) is 8.97. The van der Waals surface area contributed by atoms with Gasteiger partial charge in [0.1, 0.15) is 0 Å². The summed E-state index contributed by atoms with van der Waals surface area (Å²) in [6.45, 7) is 6.41. The summed E-state index contributed by atoms with van der Waals surface area (Å²) >= 11 is 3.54. The van der Waals surface area contributed by atoms with Gasteiger partial charge in [0.15, 0.2) is 0 Å². The normalized spacial score (nSPS) is 12.5. The van der Waals surface area contributed by atoms with Gasteiger partial charge >= 0.3 is 0 Å². The number of nitrogens with two attached hydrogens (primary N) is 1. The van der Waals surface area contributed by atoms with Gasteiger partial charge in [0.25, 0.3) is 0 Å². The van der Waals surface area contributed by atoms with Gasteiger partial charge in [-0.3, -0.25) is 0 Å². The highest BCUT2D eigenvalue weighted by Crippen LogP contribution is 2.24. The van der Waals surface area contributed by atoms with Crippen LogP contribution in [0.1, 0.15) is 33.9 Å². The molecule has 0 aliphatic carbocycles. The summed E-state index contributed by atoms with van der Waals surface area (Å²) in [6, 6.07) is 12.8. The lowest BCUT2D eigenvalue weighted by Gasteiger charge is -2.17. The minimum Gasteiger partial charge on any atom is -0.324 e. The molecule has 1 unspecified atom stereocenters. The molecule has 1 nitrogen and oxygen atoms in total. The summed E-state index contributed by atoms with van der Waals surface area (Å²) in [4.78, 5) is 0. The summed E-state index contributed by atoms with van der Waals surface area (Å²) < 4.78 is 1.10. The van der Waals surface area contributed by atoms with Crippen LogP contribution in [0.25, 0.3) is 0 Å². The maximum atomic E-state index is 6.38. The summed E-state index contributed by atoms with van der Waals surface area (Å²) in [6.07, 6.45) is 0.883. The zero-order chi connectivity index (χ0) is 14.0. The highest BCUT2D eigenvalue weighted by atomic mass is 79.9. The van der Waals surface area contributed by atoms with Crippen LogP contribution in [0.5, 0.6) is 0 Å². The highest BCUT2D eigenvalue weighted by molar-refractivity contribution is 9.10. The molecule has 100 valence electrons. The van der Waals surface area contributed by atoms with Crippen LogP contribution in [0, 0.1) is 20.8 Å². The predicted octanol–water partition coefficient (Wildman–Crippen LogP) is 4.62. The van der Waals surface area contributed by atoms with Gasteiger partial charge in [0, 0.05) is 10.5 Å². The third-order valence-electron chi connectivity index (χ3n) is 3.56. The fourth-order valence-corrected chi connectivity index (χ4v) is 3.11. The molecule has 2 rings (SSSR count). The third kappa shape index (κ3) is 3.46. The van der Waals surface area contributed by atoms with Crippen LogP contribution in [-0.2, 0) is 6.42 Å². The first-order valence-corrected chi connectivity index (χ1v) is 7.34. The van der Waals surface area contributed by atoms with Gasteiger partial charge in [-0.1, -0.05) is 40.2 Å². The van der Waals surface area contributed by atoms with Gasteiger partial charge in [0.05, 0.1) is 0 Å². The third-order valence-corrected chi connectivity index (χ3v) is 4.02. The molecule has 0 aliphatic rings. The molecule has 0 heterocycles. The molecule has 19 heavy (non-hydrogen) atoms. The quantitative estimate of drug-likeness (QED) is 0.878. The van der Waals surface area contributed by atoms with E-state index in [9.17, 15) is 0 Å². The highest BCUT2D eigenvalue weighted by Gasteiger charge is 2.11. The Morgan fingerprint density at radius 1 is 1.05 bits per heavy atom. The van der Waals surface area contributed by atoms with Gasteiger partial charge in [0.2, 0.25) is 0 Å². The Hall–Kier alpha value is -1.12. The Morgan fingerprint density at radius 2 is 1.68 bits per heavy atom. The number of rotatable bonds is 3. The Bertz CT molecular complexity index is 549. The predicted molar refractivity (Wildman–Crippen MR) is 85.4 cm³/mol. The van der Waals surface area contributed by atoms with E-state index in [2.05, 4.69) is 73.1 Å². The molecule has 2 heteroatoms. The molecule has 1 atom stereocenters. The molecule has 0 aromatic heterocycles. The van der Waals surface area contributed by atoms with Crippen LogP contribution in [0.4, 0.5) is 0 Å². The van der Waals surface area contributed by atoms with Crippen molar-refractivity contribution in [3.63, 3.8) is 0 Å². The van der Waals surface area contributed by atoms with Gasteiger partial charge in [-0.15, -0.1) is 0 Å². The molecule has 0 fully saturated rings. The number of halogens is 1. The van der Waals surface area contributed by atoms with Crippen molar-refractivity contribution < 1.29 is 0 Å². The van der Waals surface area contributed by atoms with E-state index < -0.39 is 0 Å². The zero-order valence-corrected chi connectivity index (χ0v) is 13.3. The van der Waals surface area contributed by atoms with Crippen molar-refractivity contribution in [1.29, 1.82) is 0 Å². The second kappa shape index (κ2) is 5.89. The molecule has 0 spiro atoms. The maximum absolute atomic E-state index is 6.38. The van der Waals surface area contributed by atoms with Crippen LogP contribution < -0.4 is 5.73 Å². The Balaban J connectivity index is 2.28. The molecular formula is C17H20BrN. The van der Waals surface area contributed by atoms with Crippen molar-refractivity contribution >= 4 is 15.9 Å². The Labute approximate surface area is 124 Å². The lowest BCUT2D eigenvalue weighted by atomic mass is 9.93. The second-order valence-electron chi connectivity index (χ2n) is 5.24. The molecule has 2 aromatic rings. The van der Waals surface area contributed by atoms with Crippen molar-refractivity contribution in [3.8, 4) is 0 Å². The summed E-state index contributed by atoms with van der Waals surface area (Å²) in [5.41, 5.74) is 12.8. The van der Waals surface area contributed by atoms with E-state index in [1.54, 1.807) is 0 Å². The number of hydrogen-bond acceptors (Lipinski definition) is 1. The Kier molecular flexibility index (Phi) is 4.43. The lowest BCUT2D eigenvalue weighted by Crippen LogP contribution is -2.15. The lowest BCUT2D eigenvalue weighted by molar-refractivity contribution is 0.714. The SMILES string of the molecule is Cc1cc(Br)cc(C(N)Cc2c(C)cccc2C)c1. The fraction of sp³-hybridized carbons (Fsp3) is 0.294. The summed E-state index contributed by atoms with van der Waals surface area (Å²) in [7, 11) is 0. The average Bonchev–Trinajstić information content (AvgIpc) is 2.32. The monoisotopic (exact) mass is 317 g/mol. The minimum absolute atomic E-state index is 0.0380. The molecule has 0 amide bonds. The smallest absolute Gasteiger partial charge is 0.0336 e. The first kappa shape index (κ1) is 14.3. The molecule has 0 radical (unpaired) electrons. The van der Waals surface area contributed by atoms with Crippen molar-refractivity contribution in [2.24, 2.45) is 5.73 Å². The van der Waals surface area contributed by atoms with Gasteiger partial charge in [-0.2, -0.15) is 0 Å². The van der Waals surface area contributed by atoms with E-state index in [4.69, 9.17) is 5.73 Å². The van der Waals surface area contributed by atoms with Crippen LogP contribution in [-0.4, -0.2) is 0 Å². The van der Waals surface area contributed by atoms with Gasteiger partial charge in [-0.25, -0.2) is 0 Å². The van der Waals surface area contributed by atoms with E-state index in [-0.39, 0.29) is 6.04 Å². The molecule has 0 bridgehead atoms. The van der Waals surface area contributed by atoms with Crippen molar-refractivity contribution in [1.82, 2.24) is 0 Å². The summed E-state index contributed by atoms with van der Waals surface area (Å²) in [5.74, 6) is 0. The molecule has 0 saturated carbocycles. The number of benzene rings is 2. The molecule has 2 N–H and O–H groups in total. The molecule has 0 saturated heterocycles. The number of aryl methyl sites for hydroxylation is 3. The van der Waals surface area contributed by atoms with Crippen molar-refractivity contribution in [2.45, 2.75) is 33.2 Å². The van der Waals surface area contributed by atoms with E-state index in [0.717, 1.165) is 10.9 Å². The standard InChI is InChI=1S/C17H20BrN/c1-11-7-14(9-15(18)8-11)17(19)10-16-12(2)5-4-6-13(16)3/h4-9,17H,10,19H2,1-3H3. The topological polar surface area (TPSA) is 26.0 Å². The Morgan fingerprint density at radius 3 is 2.26 bits per heavy atom. The zero-order valence-electron chi connectivity index (χ0n) is 11.7. The van der Waals surface area contributed by atoms with E-state index in [0.29, 0.717) is 0 Å². The second-order valence-corrected chi connectivity index (χ2v) is 6.16. The molecule has 2 aromatic carbocycles. The molecule has 0 aliphatic heterocycles. The van der Waals surface area contributed by atoms with Crippen LogP contribution in [0.3, 0.4) is 0 Å². The largest absolute Gasteiger partial charge is 0.324 e. The maximum Gasteiger partial charge on any atom is 0.0336 e. The summed E-state index contributed by atoms with van der Waals surface area (Å²) in [5, 5.41) is 0.